The second-order valence-electron chi connectivity index (χ2n) is 7.65. The molecule has 1 fully saturated rings. The molecule has 1 saturated heterocycles. The van der Waals surface area contributed by atoms with E-state index in [4.69, 9.17) is 17.0 Å². The molecule has 0 spiro atoms. The van der Waals surface area contributed by atoms with Crippen LogP contribution in [0.1, 0.15) is 16.7 Å². The first-order valence-corrected chi connectivity index (χ1v) is 11.7. The zero-order chi connectivity index (χ0) is 24.2. The number of hydrogen-bond acceptors (Lipinski definition) is 5. The van der Waals surface area contributed by atoms with Crippen molar-refractivity contribution >= 4 is 57.6 Å². The molecule has 1 N–H and O–H groups in total. The molecule has 0 atom stereocenters. The van der Waals surface area contributed by atoms with Crippen LogP contribution in [-0.4, -0.2) is 22.7 Å². The summed E-state index contributed by atoms with van der Waals surface area (Å²) in [5, 5.41) is 2.86. The van der Waals surface area contributed by atoms with E-state index < -0.39 is 0 Å². The molecule has 5 nitrogen and oxygen atoms in total. The number of carbonyl (C=O) groups is 2. The van der Waals surface area contributed by atoms with Crippen LogP contribution in [0.4, 0.5) is 15.8 Å². The van der Waals surface area contributed by atoms with E-state index in [0.29, 0.717) is 20.7 Å². The van der Waals surface area contributed by atoms with Gasteiger partial charge in [-0.15, -0.1) is 0 Å². The van der Waals surface area contributed by atoms with Gasteiger partial charge in [-0.3, -0.25) is 14.5 Å². The van der Waals surface area contributed by atoms with Crippen molar-refractivity contribution < 1.29 is 18.7 Å². The number of aryl methyl sites for hydroxylation is 1. The molecule has 0 saturated carbocycles. The number of halogens is 1. The monoisotopic (exact) mass is 492 g/mol. The molecule has 1 heterocycles. The first-order valence-electron chi connectivity index (χ1n) is 10.4. The van der Waals surface area contributed by atoms with Gasteiger partial charge in [0.2, 0.25) is 0 Å². The average Bonchev–Trinajstić information content (AvgIpc) is 3.10. The Labute approximate surface area is 206 Å². The highest BCUT2D eigenvalue weighted by Crippen LogP contribution is 2.36. The van der Waals surface area contributed by atoms with Crippen LogP contribution in [0.5, 0.6) is 5.75 Å². The number of ether oxygens (including phenoxy) is 1. The number of amides is 2. The van der Waals surface area contributed by atoms with Gasteiger partial charge in [-0.2, -0.15) is 0 Å². The van der Waals surface area contributed by atoms with E-state index >= 15 is 0 Å². The maximum atomic E-state index is 13.2. The fourth-order valence-corrected chi connectivity index (χ4v) is 4.61. The second-order valence-corrected chi connectivity index (χ2v) is 9.32. The Balaban J connectivity index is 1.37. The molecule has 0 bridgehead atoms. The van der Waals surface area contributed by atoms with Gasteiger partial charge in [0.1, 0.15) is 11.6 Å². The lowest BCUT2D eigenvalue weighted by Crippen LogP contribution is -2.27. The van der Waals surface area contributed by atoms with Crippen LogP contribution < -0.4 is 15.0 Å². The Kier molecular flexibility index (Phi) is 7.09. The molecule has 4 rings (SSSR count). The van der Waals surface area contributed by atoms with Crippen molar-refractivity contribution in [2.75, 3.05) is 16.8 Å². The van der Waals surface area contributed by atoms with Crippen molar-refractivity contribution in [2.45, 2.75) is 13.8 Å². The van der Waals surface area contributed by atoms with Crippen LogP contribution in [-0.2, 0) is 9.59 Å². The number of nitrogens with one attached hydrogen (secondary N) is 1. The van der Waals surface area contributed by atoms with Gasteiger partial charge in [0.15, 0.2) is 10.9 Å². The summed E-state index contributed by atoms with van der Waals surface area (Å²) < 4.78 is 19.2. The van der Waals surface area contributed by atoms with Gasteiger partial charge in [0.25, 0.3) is 11.8 Å². The lowest BCUT2D eigenvalue weighted by molar-refractivity contribution is -0.118. The van der Waals surface area contributed by atoms with Gasteiger partial charge in [0, 0.05) is 5.69 Å². The zero-order valence-electron chi connectivity index (χ0n) is 18.5. The van der Waals surface area contributed by atoms with Crippen molar-refractivity contribution in [3.05, 3.63) is 94.1 Å². The van der Waals surface area contributed by atoms with E-state index in [0.717, 1.165) is 22.4 Å². The quantitative estimate of drug-likeness (QED) is 0.345. The number of anilines is 2. The van der Waals surface area contributed by atoms with E-state index in [1.165, 1.54) is 40.9 Å². The average molecular weight is 493 g/mol. The number of benzene rings is 3. The highest BCUT2D eigenvalue weighted by atomic mass is 32.2. The number of nitrogens with zero attached hydrogens (tertiary/aromatic N) is 1. The van der Waals surface area contributed by atoms with E-state index in [1.54, 1.807) is 30.3 Å². The Hall–Kier alpha value is -3.49. The van der Waals surface area contributed by atoms with Crippen molar-refractivity contribution in [1.29, 1.82) is 0 Å². The minimum atomic E-state index is -0.380. The van der Waals surface area contributed by atoms with Gasteiger partial charge in [-0.1, -0.05) is 48.2 Å². The largest absolute Gasteiger partial charge is 0.484 e. The molecule has 2 amide bonds. The van der Waals surface area contributed by atoms with Crippen molar-refractivity contribution in [1.82, 2.24) is 0 Å². The summed E-state index contributed by atoms with van der Waals surface area (Å²) in [4.78, 5) is 26.9. The second kappa shape index (κ2) is 10.2. The molecule has 3 aromatic rings. The number of hydrogen-bond donors (Lipinski definition) is 1. The first-order chi connectivity index (χ1) is 16.3. The lowest BCUT2D eigenvalue weighted by atomic mass is 10.1. The van der Waals surface area contributed by atoms with Crippen LogP contribution in [0.15, 0.2) is 71.6 Å². The fraction of sp³-hybridized carbons (Fsp3) is 0.115. The molecule has 172 valence electrons. The first kappa shape index (κ1) is 23.7. The molecule has 34 heavy (non-hydrogen) atoms. The van der Waals surface area contributed by atoms with Crippen LogP contribution >= 0.6 is 24.0 Å². The SMILES string of the molecule is Cc1cccc(NC(=O)COc2ccc(/C=C3\SC(=S)N(c4ccc(F)cc4)C3=O)cc2)c1C. The Morgan fingerprint density at radius 2 is 1.79 bits per heavy atom. The van der Waals surface area contributed by atoms with E-state index in [-0.39, 0.29) is 24.2 Å². The number of thioether (sulfide) groups is 1. The van der Waals surface area contributed by atoms with Gasteiger partial charge < -0.3 is 10.1 Å². The van der Waals surface area contributed by atoms with Gasteiger partial charge in [0.05, 0.1) is 10.6 Å². The Bertz CT molecular complexity index is 1290. The smallest absolute Gasteiger partial charge is 0.270 e. The van der Waals surface area contributed by atoms with E-state index in [2.05, 4.69) is 5.32 Å². The normalized spacial score (nSPS) is 14.6. The molecular formula is C26H21FN2O3S2. The standard InChI is InChI=1S/C26H21FN2O3S2/c1-16-4-3-5-22(17(16)2)28-24(30)15-32-21-12-6-18(7-13-21)14-23-25(31)29(26(33)34-23)20-10-8-19(27)9-11-20/h3-14H,15H2,1-2H3,(H,28,30)/b23-14-. The summed E-state index contributed by atoms with van der Waals surface area (Å²) in [5.74, 6) is -0.353. The molecule has 8 heteroatoms. The van der Waals surface area contributed by atoms with Crippen LogP contribution in [0.25, 0.3) is 6.08 Å². The highest BCUT2D eigenvalue weighted by molar-refractivity contribution is 8.27. The minimum absolute atomic E-state index is 0.122. The van der Waals surface area contributed by atoms with Crippen molar-refractivity contribution in [3.63, 3.8) is 0 Å². The van der Waals surface area contributed by atoms with Crippen molar-refractivity contribution in [2.24, 2.45) is 0 Å². The third-order valence-electron chi connectivity index (χ3n) is 5.31. The summed E-state index contributed by atoms with van der Waals surface area (Å²) >= 11 is 6.53. The number of carbonyl (C=O) groups excluding carboxylic acids is 2. The third kappa shape index (κ3) is 5.35. The van der Waals surface area contributed by atoms with Crippen LogP contribution in [0.3, 0.4) is 0 Å². The zero-order valence-corrected chi connectivity index (χ0v) is 20.1. The fourth-order valence-electron chi connectivity index (χ4n) is 3.31. The number of rotatable bonds is 6. The molecule has 0 unspecified atom stereocenters. The van der Waals surface area contributed by atoms with Crippen LogP contribution in [0, 0.1) is 19.7 Å². The molecule has 1 aliphatic heterocycles. The molecular weight excluding hydrogens is 471 g/mol. The maximum absolute atomic E-state index is 13.2. The molecule has 0 aromatic heterocycles. The summed E-state index contributed by atoms with van der Waals surface area (Å²) in [6.45, 7) is 3.82. The van der Waals surface area contributed by atoms with Crippen LogP contribution in [0.2, 0.25) is 0 Å². The molecule has 3 aromatic carbocycles. The number of thiocarbonyl (C=S) groups is 1. The molecule has 0 radical (unpaired) electrons. The minimum Gasteiger partial charge on any atom is -0.484 e. The maximum Gasteiger partial charge on any atom is 0.270 e. The lowest BCUT2D eigenvalue weighted by Gasteiger charge is -2.14. The van der Waals surface area contributed by atoms with E-state index in [1.807, 2.05) is 32.0 Å². The van der Waals surface area contributed by atoms with Gasteiger partial charge in [-0.05, 0) is 79.1 Å². The Morgan fingerprint density at radius 3 is 2.50 bits per heavy atom. The summed E-state index contributed by atoms with van der Waals surface area (Å²) in [6, 6.07) is 18.4. The van der Waals surface area contributed by atoms with Crippen molar-refractivity contribution in [3.8, 4) is 5.75 Å². The predicted molar refractivity (Wildman–Crippen MR) is 139 cm³/mol. The summed E-state index contributed by atoms with van der Waals surface area (Å²) in [7, 11) is 0. The topological polar surface area (TPSA) is 58.6 Å². The summed E-state index contributed by atoms with van der Waals surface area (Å²) in [5.41, 5.74) is 4.19. The van der Waals surface area contributed by atoms with E-state index in [9.17, 15) is 14.0 Å². The molecule has 0 aliphatic carbocycles. The van der Waals surface area contributed by atoms with Gasteiger partial charge >= 0.3 is 0 Å². The molecule has 1 aliphatic rings. The highest BCUT2D eigenvalue weighted by Gasteiger charge is 2.33. The Morgan fingerprint density at radius 1 is 1.09 bits per heavy atom. The van der Waals surface area contributed by atoms with Gasteiger partial charge in [-0.25, -0.2) is 4.39 Å². The third-order valence-corrected chi connectivity index (χ3v) is 6.61. The predicted octanol–water partition coefficient (Wildman–Crippen LogP) is 5.87. The summed E-state index contributed by atoms with van der Waals surface area (Å²) in [6.07, 6.45) is 1.74.